The summed E-state index contributed by atoms with van der Waals surface area (Å²) < 4.78 is 33.4. The highest BCUT2D eigenvalue weighted by atomic mass is 19.3. The molecule has 2 N–H and O–H groups in total. The molecule has 1 aliphatic carbocycles. The molecule has 0 heterocycles. The van der Waals surface area contributed by atoms with Crippen LogP contribution in [-0.2, 0) is 0 Å². The van der Waals surface area contributed by atoms with Crippen molar-refractivity contribution in [3.8, 4) is 5.75 Å². The van der Waals surface area contributed by atoms with Gasteiger partial charge in [0, 0.05) is 0 Å². The average Bonchev–Trinajstić information content (AvgIpc) is 3.13. The predicted octanol–water partition coefficient (Wildman–Crippen LogP) is 1.61. The van der Waals surface area contributed by atoms with E-state index in [4.69, 9.17) is 4.74 Å². The number of hydrogen-bond acceptors (Lipinski definition) is 4. The second-order valence-electron chi connectivity index (χ2n) is 5.73. The van der Waals surface area contributed by atoms with E-state index in [1.165, 1.54) is 18.2 Å². The molecule has 3 rings (SSSR count). The zero-order chi connectivity index (χ0) is 17.3. The van der Waals surface area contributed by atoms with Crippen LogP contribution in [0.25, 0.3) is 0 Å². The molecule has 1 aliphatic rings. The monoisotopic (exact) mass is 332 g/mol. The Balaban J connectivity index is 1.75. The zero-order valence-electron chi connectivity index (χ0n) is 12.6. The van der Waals surface area contributed by atoms with Crippen LogP contribution in [0.4, 0.5) is 8.78 Å². The standard InChI is InChI=1S/C17H15BF2O4/c19-17(20)13(16(17)11-5-2-1-3-6-11)10-24-15-8-4-7-14(18(22)23)12(15)9-21/h1-9,13,16,22-23H,10H2/t13-,16-/m1/s1. The average molecular weight is 332 g/mol. The number of alkyl halides is 2. The maximum absolute atomic E-state index is 14.0. The van der Waals surface area contributed by atoms with E-state index >= 15 is 0 Å². The summed E-state index contributed by atoms with van der Waals surface area (Å²) in [6.07, 6.45) is 0.420. The summed E-state index contributed by atoms with van der Waals surface area (Å²) in [5, 5.41) is 18.5. The molecule has 4 nitrogen and oxygen atoms in total. The lowest BCUT2D eigenvalue weighted by Crippen LogP contribution is -2.33. The van der Waals surface area contributed by atoms with Crippen molar-refractivity contribution in [2.24, 2.45) is 5.92 Å². The first-order chi connectivity index (χ1) is 11.5. The van der Waals surface area contributed by atoms with Gasteiger partial charge in [0.1, 0.15) is 5.75 Å². The Morgan fingerprint density at radius 2 is 1.83 bits per heavy atom. The third-order valence-electron chi connectivity index (χ3n) is 4.28. The summed E-state index contributed by atoms with van der Waals surface area (Å²) in [6.45, 7) is -0.265. The Morgan fingerprint density at radius 3 is 2.46 bits per heavy atom. The van der Waals surface area contributed by atoms with Gasteiger partial charge in [0.15, 0.2) is 6.29 Å². The summed E-state index contributed by atoms with van der Waals surface area (Å²) in [6, 6.07) is 12.7. The number of aldehydes is 1. The van der Waals surface area contributed by atoms with Crippen LogP contribution in [0.5, 0.6) is 5.75 Å². The molecule has 0 aliphatic heterocycles. The van der Waals surface area contributed by atoms with Crippen molar-refractivity contribution in [1.82, 2.24) is 0 Å². The van der Waals surface area contributed by atoms with E-state index < -0.39 is 24.9 Å². The molecule has 7 heteroatoms. The van der Waals surface area contributed by atoms with Crippen molar-refractivity contribution < 1.29 is 28.4 Å². The van der Waals surface area contributed by atoms with Gasteiger partial charge >= 0.3 is 7.12 Å². The van der Waals surface area contributed by atoms with Gasteiger partial charge in [-0.05, 0) is 17.1 Å². The second kappa shape index (κ2) is 6.34. The van der Waals surface area contributed by atoms with Crippen molar-refractivity contribution in [2.75, 3.05) is 6.61 Å². The fourth-order valence-electron chi connectivity index (χ4n) is 2.93. The molecule has 124 valence electrons. The van der Waals surface area contributed by atoms with Crippen molar-refractivity contribution in [1.29, 1.82) is 0 Å². The van der Waals surface area contributed by atoms with Crippen LogP contribution < -0.4 is 10.2 Å². The van der Waals surface area contributed by atoms with E-state index in [1.807, 2.05) is 0 Å². The van der Waals surface area contributed by atoms with Crippen molar-refractivity contribution in [3.05, 3.63) is 59.7 Å². The lowest BCUT2D eigenvalue weighted by molar-refractivity contribution is 0.0814. The molecule has 2 aromatic carbocycles. The molecular formula is C17H15BF2O4. The predicted molar refractivity (Wildman–Crippen MR) is 84.8 cm³/mol. The van der Waals surface area contributed by atoms with Gasteiger partial charge in [0.05, 0.1) is 24.0 Å². The van der Waals surface area contributed by atoms with Crippen LogP contribution in [0.15, 0.2) is 48.5 Å². The van der Waals surface area contributed by atoms with Crippen LogP contribution in [0, 0.1) is 5.92 Å². The number of halogens is 2. The molecule has 0 bridgehead atoms. The van der Waals surface area contributed by atoms with E-state index in [9.17, 15) is 23.6 Å². The van der Waals surface area contributed by atoms with Crippen LogP contribution in [0.3, 0.4) is 0 Å². The lowest BCUT2D eigenvalue weighted by Gasteiger charge is -2.11. The maximum atomic E-state index is 14.0. The number of carbonyl (C=O) groups is 1. The first-order valence-corrected chi connectivity index (χ1v) is 7.46. The molecule has 1 saturated carbocycles. The summed E-state index contributed by atoms with van der Waals surface area (Å²) >= 11 is 0. The Labute approximate surface area is 137 Å². The van der Waals surface area contributed by atoms with Crippen molar-refractivity contribution in [3.63, 3.8) is 0 Å². The summed E-state index contributed by atoms with van der Waals surface area (Å²) in [5.74, 6) is -4.70. The van der Waals surface area contributed by atoms with Gasteiger partial charge in [-0.1, -0.05) is 42.5 Å². The highest BCUT2D eigenvalue weighted by Crippen LogP contribution is 2.61. The number of rotatable bonds is 6. The smallest absolute Gasteiger partial charge is 0.489 e. The molecule has 1 fully saturated rings. The zero-order valence-corrected chi connectivity index (χ0v) is 12.6. The van der Waals surface area contributed by atoms with Gasteiger partial charge in [0.2, 0.25) is 0 Å². The van der Waals surface area contributed by atoms with Gasteiger partial charge in [-0.25, -0.2) is 8.78 Å². The molecule has 0 saturated heterocycles. The Kier molecular flexibility index (Phi) is 4.38. The Morgan fingerprint density at radius 1 is 1.12 bits per heavy atom. The van der Waals surface area contributed by atoms with Gasteiger partial charge in [-0.2, -0.15) is 0 Å². The second-order valence-corrected chi connectivity index (χ2v) is 5.73. The quantitative estimate of drug-likeness (QED) is 0.623. The van der Waals surface area contributed by atoms with E-state index in [1.54, 1.807) is 30.3 Å². The molecular weight excluding hydrogens is 317 g/mol. The highest BCUT2D eigenvalue weighted by molar-refractivity contribution is 6.60. The van der Waals surface area contributed by atoms with Crippen LogP contribution in [0.1, 0.15) is 21.8 Å². The Hall–Kier alpha value is -2.25. The van der Waals surface area contributed by atoms with E-state index in [2.05, 4.69) is 0 Å². The largest absolute Gasteiger partial charge is 0.492 e. The molecule has 0 spiro atoms. The van der Waals surface area contributed by atoms with Crippen LogP contribution in [0.2, 0.25) is 0 Å². The number of ether oxygens (including phenoxy) is 1. The van der Waals surface area contributed by atoms with Crippen molar-refractivity contribution in [2.45, 2.75) is 11.8 Å². The molecule has 0 amide bonds. The molecule has 24 heavy (non-hydrogen) atoms. The van der Waals surface area contributed by atoms with Gasteiger partial charge < -0.3 is 14.8 Å². The SMILES string of the molecule is O=Cc1c(OC[C@@H]2[C@@H](c3ccccc3)C2(F)F)cccc1B(O)O. The fraction of sp³-hybridized carbons (Fsp3) is 0.235. The first kappa shape index (κ1) is 16.6. The first-order valence-electron chi connectivity index (χ1n) is 7.46. The van der Waals surface area contributed by atoms with E-state index in [-0.39, 0.29) is 23.4 Å². The molecule has 2 atom stereocenters. The van der Waals surface area contributed by atoms with Crippen LogP contribution >= 0.6 is 0 Å². The molecule has 0 aromatic heterocycles. The van der Waals surface area contributed by atoms with Crippen molar-refractivity contribution >= 4 is 18.9 Å². The topological polar surface area (TPSA) is 66.8 Å². The third-order valence-corrected chi connectivity index (χ3v) is 4.28. The fourth-order valence-corrected chi connectivity index (χ4v) is 2.93. The summed E-state index contributed by atoms with van der Waals surface area (Å²) in [7, 11) is -1.84. The third kappa shape index (κ3) is 2.92. The van der Waals surface area contributed by atoms with E-state index in [0.717, 1.165) is 0 Å². The van der Waals surface area contributed by atoms with E-state index in [0.29, 0.717) is 11.8 Å². The minimum Gasteiger partial charge on any atom is -0.492 e. The normalized spacial score (nSPS) is 21.2. The van der Waals surface area contributed by atoms with Gasteiger partial charge in [-0.15, -0.1) is 0 Å². The van der Waals surface area contributed by atoms with Gasteiger partial charge in [0.25, 0.3) is 5.92 Å². The molecule has 2 aromatic rings. The number of hydrogen-bond donors (Lipinski definition) is 2. The maximum Gasteiger partial charge on any atom is 0.489 e. The minimum absolute atomic E-state index is 0.0235. The molecule has 0 unspecified atom stereocenters. The molecule has 0 radical (unpaired) electrons. The number of benzene rings is 2. The lowest BCUT2D eigenvalue weighted by atomic mass is 9.77. The summed E-state index contributed by atoms with van der Waals surface area (Å²) in [5.41, 5.74) is 0.476. The highest BCUT2D eigenvalue weighted by Gasteiger charge is 2.69. The minimum atomic E-state index is -2.86. The Bertz CT molecular complexity index is 737. The van der Waals surface area contributed by atoms with Crippen LogP contribution in [-0.4, -0.2) is 36.0 Å². The van der Waals surface area contributed by atoms with Gasteiger partial charge in [-0.3, -0.25) is 4.79 Å². The summed E-state index contributed by atoms with van der Waals surface area (Å²) in [4.78, 5) is 11.2. The number of carbonyl (C=O) groups excluding carboxylic acids is 1.